The molecule has 1 N–H and O–H groups in total. The molecule has 0 saturated carbocycles. The third kappa shape index (κ3) is 4.67. The van der Waals surface area contributed by atoms with Crippen molar-refractivity contribution >= 4 is 38.9 Å². The lowest BCUT2D eigenvalue weighted by Gasteiger charge is -2.08. The number of nitrogens with one attached hydrogen (secondary N) is 1. The van der Waals surface area contributed by atoms with Crippen molar-refractivity contribution in [2.75, 3.05) is 19.5 Å². The van der Waals surface area contributed by atoms with Crippen LogP contribution in [0.4, 0.5) is 5.69 Å². The Morgan fingerprint density at radius 3 is 2.63 bits per heavy atom. The Bertz CT molecular complexity index is 972. The number of ether oxygens (including phenoxy) is 2. The molecule has 7 heteroatoms. The van der Waals surface area contributed by atoms with Crippen LogP contribution in [-0.4, -0.2) is 25.1 Å². The molecule has 5 nitrogen and oxygen atoms in total. The molecule has 27 heavy (non-hydrogen) atoms. The highest BCUT2D eigenvalue weighted by molar-refractivity contribution is 9.10. The Hall–Kier alpha value is -2.38. The maximum atomic E-state index is 12.4. The number of halogens is 1. The van der Waals surface area contributed by atoms with Gasteiger partial charge in [-0.05, 0) is 48.9 Å². The van der Waals surface area contributed by atoms with E-state index in [1.54, 1.807) is 14.2 Å². The largest absolute Gasteiger partial charge is 0.493 e. The van der Waals surface area contributed by atoms with E-state index in [1.165, 1.54) is 11.3 Å². The van der Waals surface area contributed by atoms with Crippen molar-refractivity contribution in [3.63, 3.8) is 0 Å². The monoisotopic (exact) mass is 446 g/mol. The number of benzene rings is 2. The molecule has 0 unspecified atom stereocenters. The van der Waals surface area contributed by atoms with Gasteiger partial charge in [-0.2, -0.15) is 0 Å². The van der Waals surface area contributed by atoms with Crippen LogP contribution in [0.25, 0.3) is 10.6 Å². The SMILES string of the molecule is COc1ccc(-c2nc(CC(=O)Nc3ccc(Br)cc3C)cs2)cc1OC. The third-order valence-electron chi connectivity index (χ3n) is 3.99. The van der Waals surface area contributed by atoms with E-state index in [0.29, 0.717) is 11.5 Å². The molecule has 0 fully saturated rings. The van der Waals surface area contributed by atoms with Crippen molar-refractivity contribution in [2.24, 2.45) is 0 Å². The minimum absolute atomic E-state index is 0.0930. The summed E-state index contributed by atoms with van der Waals surface area (Å²) in [5, 5.41) is 5.67. The minimum atomic E-state index is -0.0930. The van der Waals surface area contributed by atoms with Gasteiger partial charge < -0.3 is 14.8 Å². The molecule has 0 radical (unpaired) electrons. The first-order chi connectivity index (χ1) is 13.0. The van der Waals surface area contributed by atoms with Crippen molar-refractivity contribution in [2.45, 2.75) is 13.3 Å². The van der Waals surface area contributed by atoms with E-state index >= 15 is 0 Å². The van der Waals surface area contributed by atoms with Gasteiger partial charge in [-0.25, -0.2) is 4.98 Å². The van der Waals surface area contributed by atoms with E-state index in [0.717, 1.165) is 32.0 Å². The van der Waals surface area contributed by atoms with Crippen LogP contribution in [0.1, 0.15) is 11.3 Å². The summed E-state index contributed by atoms with van der Waals surface area (Å²) in [6.45, 7) is 1.96. The van der Waals surface area contributed by atoms with Crippen molar-refractivity contribution in [1.29, 1.82) is 0 Å². The fourth-order valence-corrected chi connectivity index (χ4v) is 3.91. The number of aromatic nitrogens is 1. The molecule has 1 amide bonds. The molecular weight excluding hydrogens is 428 g/mol. The maximum Gasteiger partial charge on any atom is 0.230 e. The van der Waals surface area contributed by atoms with Crippen LogP contribution >= 0.6 is 27.3 Å². The maximum absolute atomic E-state index is 12.4. The van der Waals surface area contributed by atoms with Gasteiger partial charge in [0.1, 0.15) is 5.01 Å². The number of hydrogen-bond donors (Lipinski definition) is 1. The molecule has 1 aromatic heterocycles. The van der Waals surface area contributed by atoms with Gasteiger partial charge in [0.15, 0.2) is 11.5 Å². The highest BCUT2D eigenvalue weighted by Crippen LogP contribution is 2.33. The van der Waals surface area contributed by atoms with E-state index in [-0.39, 0.29) is 12.3 Å². The number of methoxy groups -OCH3 is 2. The molecule has 0 spiro atoms. The van der Waals surface area contributed by atoms with Crippen molar-refractivity contribution in [3.05, 3.63) is 57.5 Å². The molecule has 0 saturated heterocycles. The van der Waals surface area contributed by atoms with Crippen LogP contribution in [0.15, 0.2) is 46.3 Å². The summed E-state index contributed by atoms with van der Waals surface area (Å²) in [7, 11) is 3.20. The Labute approximate surface area is 170 Å². The summed E-state index contributed by atoms with van der Waals surface area (Å²) < 4.78 is 11.6. The minimum Gasteiger partial charge on any atom is -0.493 e. The molecular formula is C20H19BrN2O3S. The van der Waals surface area contributed by atoms with Gasteiger partial charge in [0.25, 0.3) is 0 Å². The summed E-state index contributed by atoms with van der Waals surface area (Å²) in [5.74, 6) is 1.22. The lowest BCUT2D eigenvalue weighted by Crippen LogP contribution is -2.15. The van der Waals surface area contributed by atoms with Crippen molar-refractivity contribution in [1.82, 2.24) is 4.98 Å². The van der Waals surface area contributed by atoms with Gasteiger partial charge in [-0.1, -0.05) is 15.9 Å². The van der Waals surface area contributed by atoms with E-state index in [2.05, 4.69) is 26.2 Å². The normalized spacial score (nSPS) is 10.5. The number of nitrogens with zero attached hydrogens (tertiary/aromatic N) is 1. The van der Waals surface area contributed by atoms with Crippen LogP contribution in [0.2, 0.25) is 0 Å². The zero-order chi connectivity index (χ0) is 19.4. The number of rotatable bonds is 6. The smallest absolute Gasteiger partial charge is 0.230 e. The molecule has 0 aliphatic heterocycles. The van der Waals surface area contributed by atoms with Gasteiger partial charge in [0, 0.05) is 21.1 Å². The summed E-state index contributed by atoms with van der Waals surface area (Å²) in [6.07, 6.45) is 0.222. The average molecular weight is 447 g/mol. The molecule has 3 rings (SSSR count). The number of carbonyl (C=O) groups excluding carboxylic acids is 1. The number of aryl methyl sites for hydroxylation is 1. The number of carbonyl (C=O) groups is 1. The van der Waals surface area contributed by atoms with Gasteiger partial charge in [0.05, 0.1) is 26.3 Å². The zero-order valence-electron chi connectivity index (χ0n) is 15.2. The second-order valence-electron chi connectivity index (χ2n) is 5.90. The lowest BCUT2D eigenvalue weighted by atomic mass is 10.2. The van der Waals surface area contributed by atoms with Crippen LogP contribution in [0.5, 0.6) is 11.5 Å². The first-order valence-corrected chi connectivity index (χ1v) is 9.90. The summed E-state index contributed by atoms with van der Waals surface area (Å²) in [5.41, 5.74) is 3.46. The van der Waals surface area contributed by atoms with Crippen LogP contribution in [0, 0.1) is 6.92 Å². The third-order valence-corrected chi connectivity index (χ3v) is 5.42. The second-order valence-corrected chi connectivity index (χ2v) is 7.67. The highest BCUT2D eigenvalue weighted by atomic mass is 79.9. The highest BCUT2D eigenvalue weighted by Gasteiger charge is 2.12. The first-order valence-electron chi connectivity index (χ1n) is 8.23. The standard InChI is InChI=1S/C20H19BrN2O3S/c1-12-8-14(21)5-6-16(12)23-19(24)10-15-11-27-20(22-15)13-4-7-17(25-2)18(9-13)26-3/h4-9,11H,10H2,1-3H3,(H,23,24). The fraction of sp³-hybridized carbons (Fsp3) is 0.200. The van der Waals surface area contributed by atoms with Gasteiger partial charge in [-0.15, -0.1) is 11.3 Å². The van der Waals surface area contributed by atoms with Gasteiger partial charge >= 0.3 is 0 Å². The van der Waals surface area contributed by atoms with Crippen LogP contribution in [-0.2, 0) is 11.2 Å². The molecule has 3 aromatic rings. The molecule has 0 bridgehead atoms. The second kappa shape index (κ2) is 8.54. The quantitative estimate of drug-likeness (QED) is 0.573. The fourth-order valence-electron chi connectivity index (χ4n) is 2.62. The van der Waals surface area contributed by atoms with E-state index in [9.17, 15) is 4.79 Å². The number of thiazole rings is 1. The number of amides is 1. The van der Waals surface area contributed by atoms with Crippen molar-refractivity contribution < 1.29 is 14.3 Å². The number of hydrogen-bond acceptors (Lipinski definition) is 5. The van der Waals surface area contributed by atoms with E-state index < -0.39 is 0 Å². The first kappa shape index (κ1) is 19.4. The Kier molecular flexibility index (Phi) is 6.13. The molecule has 2 aromatic carbocycles. The predicted molar refractivity (Wildman–Crippen MR) is 112 cm³/mol. The summed E-state index contributed by atoms with van der Waals surface area (Å²) >= 11 is 4.92. The Morgan fingerprint density at radius 1 is 1.15 bits per heavy atom. The molecule has 0 aliphatic carbocycles. The topological polar surface area (TPSA) is 60.5 Å². The number of anilines is 1. The van der Waals surface area contributed by atoms with E-state index in [1.807, 2.05) is 48.7 Å². The van der Waals surface area contributed by atoms with Crippen LogP contribution in [0.3, 0.4) is 0 Å². The molecule has 1 heterocycles. The average Bonchev–Trinajstić information content (AvgIpc) is 3.11. The Balaban J connectivity index is 1.71. The lowest BCUT2D eigenvalue weighted by molar-refractivity contribution is -0.115. The molecule has 0 atom stereocenters. The van der Waals surface area contributed by atoms with Crippen molar-refractivity contribution in [3.8, 4) is 22.1 Å². The molecule has 140 valence electrons. The van der Waals surface area contributed by atoms with E-state index in [4.69, 9.17) is 9.47 Å². The van der Waals surface area contributed by atoms with Gasteiger partial charge in [-0.3, -0.25) is 4.79 Å². The summed E-state index contributed by atoms with van der Waals surface area (Å²) in [4.78, 5) is 16.9. The predicted octanol–water partition coefficient (Wildman–Crippen LogP) is 5.08. The molecule has 0 aliphatic rings. The zero-order valence-corrected chi connectivity index (χ0v) is 17.6. The summed E-state index contributed by atoms with van der Waals surface area (Å²) in [6, 6.07) is 11.4. The van der Waals surface area contributed by atoms with Crippen LogP contribution < -0.4 is 14.8 Å². The van der Waals surface area contributed by atoms with Gasteiger partial charge in [0.2, 0.25) is 5.91 Å². The Morgan fingerprint density at radius 2 is 1.93 bits per heavy atom.